The summed E-state index contributed by atoms with van der Waals surface area (Å²) >= 11 is 0. The zero-order valence-corrected chi connectivity index (χ0v) is 14.2. The van der Waals surface area contributed by atoms with Crippen molar-refractivity contribution in [1.29, 1.82) is 0 Å². The SMILES string of the molecule is C[C@@H](Oc1ccc2c(c1)CCCC2)C(=O)Nc1ccccc1C(N)=O. The number of hydrogen-bond donors (Lipinski definition) is 2. The maximum Gasteiger partial charge on any atom is 0.265 e. The zero-order chi connectivity index (χ0) is 17.8. The molecule has 3 N–H and O–H groups in total. The Morgan fingerprint density at radius 2 is 1.80 bits per heavy atom. The van der Waals surface area contributed by atoms with Crippen LogP contribution in [0.15, 0.2) is 42.5 Å². The maximum atomic E-state index is 12.4. The molecule has 0 heterocycles. The highest BCUT2D eigenvalue weighted by molar-refractivity contribution is 6.03. The molecule has 2 amide bonds. The van der Waals surface area contributed by atoms with Crippen molar-refractivity contribution < 1.29 is 14.3 Å². The molecule has 130 valence electrons. The van der Waals surface area contributed by atoms with Gasteiger partial charge in [0.1, 0.15) is 5.75 Å². The highest BCUT2D eigenvalue weighted by atomic mass is 16.5. The van der Waals surface area contributed by atoms with Gasteiger partial charge in [-0.1, -0.05) is 18.2 Å². The molecule has 0 spiro atoms. The standard InChI is InChI=1S/C20H22N2O3/c1-13(20(24)22-18-9-5-4-8-17(18)19(21)23)25-16-11-10-14-6-2-3-7-15(14)12-16/h4-5,8-13H,2-3,6-7H2,1H3,(H2,21,23)(H,22,24)/t13-/m1/s1. The third-order valence-corrected chi connectivity index (χ3v) is 4.45. The Bertz CT molecular complexity index is 801. The van der Waals surface area contributed by atoms with E-state index in [0.29, 0.717) is 11.4 Å². The number of nitrogens with one attached hydrogen (secondary N) is 1. The summed E-state index contributed by atoms with van der Waals surface area (Å²) in [5.41, 5.74) is 8.67. The zero-order valence-electron chi connectivity index (χ0n) is 14.2. The van der Waals surface area contributed by atoms with E-state index in [0.717, 1.165) is 12.8 Å². The number of para-hydroxylation sites is 1. The number of ether oxygens (including phenoxy) is 1. The van der Waals surface area contributed by atoms with Gasteiger partial charge in [-0.15, -0.1) is 0 Å². The molecule has 0 saturated carbocycles. The quantitative estimate of drug-likeness (QED) is 0.879. The van der Waals surface area contributed by atoms with Gasteiger partial charge in [0.2, 0.25) is 0 Å². The van der Waals surface area contributed by atoms with Gasteiger partial charge in [0.05, 0.1) is 11.3 Å². The van der Waals surface area contributed by atoms with E-state index in [1.807, 2.05) is 12.1 Å². The summed E-state index contributed by atoms with van der Waals surface area (Å²) in [7, 11) is 0. The van der Waals surface area contributed by atoms with Crippen LogP contribution in [0.4, 0.5) is 5.69 Å². The van der Waals surface area contributed by atoms with Crippen molar-refractivity contribution >= 4 is 17.5 Å². The predicted molar refractivity (Wildman–Crippen MR) is 96.8 cm³/mol. The van der Waals surface area contributed by atoms with E-state index in [1.54, 1.807) is 31.2 Å². The summed E-state index contributed by atoms with van der Waals surface area (Å²) in [5, 5.41) is 2.71. The van der Waals surface area contributed by atoms with Crippen LogP contribution < -0.4 is 15.8 Å². The van der Waals surface area contributed by atoms with E-state index in [9.17, 15) is 9.59 Å². The number of benzene rings is 2. The molecular formula is C20H22N2O3. The molecule has 1 aliphatic rings. The van der Waals surface area contributed by atoms with Gasteiger partial charge in [0.25, 0.3) is 11.8 Å². The van der Waals surface area contributed by atoms with Crippen LogP contribution in [0.25, 0.3) is 0 Å². The van der Waals surface area contributed by atoms with Crippen molar-refractivity contribution in [2.24, 2.45) is 5.73 Å². The highest BCUT2D eigenvalue weighted by Gasteiger charge is 2.18. The van der Waals surface area contributed by atoms with Crippen molar-refractivity contribution in [1.82, 2.24) is 0 Å². The highest BCUT2D eigenvalue weighted by Crippen LogP contribution is 2.26. The summed E-state index contributed by atoms with van der Waals surface area (Å²) in [6, 6.07) is 12.7. The number of carbonyl (C=O) groups is 2. The second kappa shape index (κ2) is 7.38. The molecule has 0 fully saturated rings. The number of aryl methyl sites for hydroxylation is 2. The lowest BCUT2D eigenvalue weighted by Gasteiger charge is -2.19. The minimum atomic E-state index is -0.692. The molecule has 1 atom stereocenters. The maximum absolute atomic E-state index is 12.4. The first-order valence-electron chi connectivity index (χ1n) is 8.53. The minimum Gasteiger partial charge on any atom is -0.481 e. The Hall–Kier alpha value is -2.82. The van der Waals surface area contributed by atoms with Crippen LogP contribution in [0.5, 0.6) is 5.75 Å². The van der Waals surface area contributed by atoms with E-state index < -0.39 is 12.0 Å². The van der Waals surface area contributed by atoms with Crippen molar-refractivity contribution in [2.45, 2.75) is 38.7 Å². The first-order chi connectivity index (χ1) is 12.0. The summed E-state index contributed by atoms with van der Waals surface area (Å²) in [5.74, 6) is -0.225. The first-order valence-corrected chi connectivity index (χ1v) is 8.53. The number of hydrogen-bond acceptors (Lipinski definition) is 3. The molecule has 5 heteroatoms. The Labute approximate surface area is 147 Å². The van der Waals surface area contributed by atoms with Crippen LogP contribution in [0.1, 0.15) is 41.3 Å². The molecule has 0 aliphatic heterocycles. The van der Waals surface area contributed by atoms with E-state index in [2.05, 4.69) is 11.4 Å². The van der Waals surface area contributed by atoms with E-state index in [1.165, 1.54) is 24.0 Å². The van der Waals surface area contributed by atoms with Gasteiger partial charge in [-0.25, -0.2) is 0 Å². The number of anilines is 1. The smallest absolute Gasteiger partial charge is 0.265 e. The van der Waals surface area contributed by atoms with Crippen LogP contribution in [-0.2, 0) is 17.6 Å². The summed E-state index contributed by atoms with van der Waals surface area (Å²) in [6.45, 7) is 1.68. The average molecular weight is 338 g/mol. The lowest BCUT2D eigenvalue weighted by atomic mass is 9.92. The fourth-order valence-electron chi connectivity index (χ4n) is 3.08. The number of amides is 2. The number of rotatable bonds is 5. The van der Waals surface area contributed by atoms with Crippen LogP contribution >= 0.6 is 0 Å². The first kappa shape index (κ1) is 17.0. The summed E-state index contributed by atoms with van der Waals surface area (Å²) in [4.78, 5) is 23.8. The second-order valence-corrected chi connectivity index (χ2v) is 6.30. The van der Waals surface area contributed by atoms with Gasteiger partial charge < -0.3 is 15.8 Å². The van der Waals surface area contributed by atoms with Gasteiger partial charge in [0.15, 0.2) is 6.10 Å². The van der Waals surface area contributed by atoms with E-state index in [-0.39, 0.29) is 11.5 Å². The van der Waals surface area contributed by atoms with Crippen molar-refractivity contribution in [3.05, 3.63) is 59.2 Å². The lowest BCUT2D eigenvalue weighted by molar-refractivity contribution is -0.122. The lowest BCUT2D eigenvalue weighted by Crippen LogP contribution is -2.31. The third-order valence-electron chi connectivity index (χ3n) is 4.45. The van der Waals surface area contributed by atoms with Crippen LogP contribution in [0.2, 0.25) is 0 Å². The van der Waals surface area contributed by atoms with Gasteiger partial charge in [-0.2, -0.15) is 0 Å². The van der Waals surface area contributed by atoms with Gasteiger partial charge >= 0.3 is 0 Å². The fraction of sp³-hybridized carbons (Fsp3) is 0.300. The molecule has 2 aromatic rings. The number of fused-ring (bicyclic) bond motifs is 1. The molecule has 0 aromatic heterocycles. The van der Waals surface area contributed by atoms with Crippen LogP contribution in [0.3, 0.4) is 0 Å². The second-order valence-electron chi connectivity index (χ2n) is 6.30. The molecule has 5 nitrogen and oxygen atoms in total. The molecule has 25 heavy (non-hydrogen) atoms. The monoisotopic (exact) mass is 338 g/mol. The molecule has 0 bridgehead atoms. The number of primary amides is 1. The van der Waals surface area contributed by atoms with Gasteiger partial charge in [-0.05, 0) is 68.0 Å². The summed E-state index contributed by atoms with van der Waals surface area (Å²) < 4.78 is 5.79. The molecule has 2 aromatic carbocycles. The van der Waals surface area contributed by atoms with Crippen LogP contribution in [0, 0.1) is 0 Å². The summed E-state index contributed by atoms with van der Waals surface area (Å²) in [6.07, 6.45) is 3.89. The molecular weight excluding hydrogens is 316 g/mol. The Kier molecular flexibility index (Phi) is 5.03. The molecule has 1 aliphatic carbocycles. The van der Waals surface area contributed by atoms with Crippen molar-refractivity contribution in [3.8, 4) is 5.75 Å². The topological polar surface area (TPSA) is 81.4 Å². The molecule has 0 unspecified atom stereocenters. The van der Waals surface area contributed by atoms with Gasteiger partial charge in [0, 0.05) is 0 Å². The molecule has 3 rings (SSSR count). The number of nitrogens with two attached hydrogens (primary N) is 1. The molecule has 0 radical (unpaired) electrons. The molecule has 0 saturated heterocycles. The average Bonchev–Trinajstić information content (AvgIpc) is 2.61. The Morgan fingerprint density at radius 3 is 2.56 bits per heavy atom. The van der Waals surface area contributed by atoms with E-state index >= 15 is 0 Å². The largest absolute Gasteiger partial charge is 0.481 e. The van der Waals surface area contributed by atoms with Crippen molar-refractivity contribution in [2.75, 3.05) is 5.32 Å². The van der Waals surface area contributed by atoms with Crippen LogP contribution in [-0.4, -0.2) is 17.9 Å². The minimum absolute atomic E-state index is 0.275. The predicted octanol–water partition coefficient (Wildman–Crippen LogP) is 3.07. The normalized spacial score (nSPS) is 14.3. The Morgan fingerprint density at radius 1 is 1.08 bits per heavy atom. The van der Waals surface area contributed by atoms with Gasteiger partial charge in [-0.3, -0.25) is 9.59 Å². The third kappa shape index (κ3) is 3.99. The Balaban J connectivity index is 1.68. The van der Waals surface area contributed by atoms with E-state index in [4.69, 9.17) is 10.5 Å². The van der Waals surface area contributed by atoms with Crippen molar-refractivity contribution in [3.63, 3.8) is 0 Å². The fourth-order valence-corrected chi connectivity index (χ4v) is 3.08. The number of carbonyl (C=O) groups excluding carboxylic acids is 2.